The first-order valence-corrected chi connectivity index (χ1v) is 9.96. The molecule has 6 nitrogen and oxygen atoms in total. The molecule has 1 amide bonds. The molecule has 2 aliphatic rings. The van der Waals surface area contributed by atoms with Gasteiger partial charge in [-0.15, -0.1) is 0 Å². The lowest BCUT2D eigenvalue weighted by Gasteiger charge is -2.48. The van der Waals surface area contributed by atoms with Crippen LogP contribution in [0.2, 0.25) is 0 Å². The Bertz CT molecular complexity index is 812. The van der Waals surface area contributed by atoms with Crippen LogP contribution in [0.5, 0.6) is 0 Å². The first-order chi connectivity index (χ1) is 13.1. The summed E-state index contributed by atoms with van der Waals surface area (Å²) in [6.07, 6.45) is 8.28. The Morgan fingerprint density at radius 3 is 2.70 bits per heavy atom. The molecule has 4 heterocycles. The molecule has 0 N–H and O–H groups in total. The molecule has 0 saturated carbocycles. The van der Waals surface area contributed by atoms with Crippen molar-refractivity contribution in [2.24, 2.45) is 12.5 Å². The van der Waals surface area contributed by atoms with Crippen molar-refractivity contribution < 1.29 is 4.79 Å². The number of carbonyl (C=O) groups is 1. The Kier molecular flexibility index (Phi) is 5.00. The molecule has 27 heavy (non-hydrogen) atoms. The Balaban J connectivity index is 1.47. The number of rotatable bonds is 3. The number of hydrogen-bond donors (Lipinski definition) is 0. The molecule has 0 radical (unpaired) electrons. The lowest BCUT2D eigenvalue weighted by Crippen LogP contribution is -2.53. The molecular weight excluding hydrogens is 338 g/mol. The van der Waals surface area contributed by atoms with Gasteiger partial charge in [-0.05, 0) is 56.8 Å². The molecule has 144 valence electrons. The number of amides is 1. The van der Waals surface area contributed by atoms with Gasteiger partial charge in [0.15, 0.2) is 0 Å². The predicted molar refractivity (Wildman–Crippen MR) is 104 cm³/mol. The smallest absolute Gasteiger partial charge is 0.272 e. The van der Waals surface area contributed by atoms with Crippen molar-refractivity contribution in [1.29, 1.82) is 0 Å². The molecule has 1 unspecified atom stereocenters. The van der Waals surface area contributed by atoms with Crippen LogP contribution in [-0.4, -0.2) is 56.7 Å². The second kappa shape index (κ2) is 7.43. The summed E-state index contributed by atoms with van der Waals surface area (Å²) in [6.45, 7) is 6.78. The maximum Gasteiger partial charge on any atom is 0.272 e. The van der Waals surface area contributed by atoms with Gasteiger partial charge in [0.05, 0.1) is 5.69 Å². The van der Waals surface area contributed by atoms with Gasteiger partial charge in [0.2, 0.25) is 0 Å². The summed E-state index contributed by atoms with van der Waals surface area (Å²) in [5.74, 6) is 0.0935. The molecule has 2 aromatic rings. The van der Waals surface area contributed by atoms with E-state index in [2.05, 4.69) is 21.0 Å². The molecule has 1 atom stereocenters. The molecule has 4 rings (SSSR count). The predicted octanol–water partition coefficient (Wildman–Crippen LogP) is 2.64. The van der Waals surface area contributed by atoms with E-state index in [-0.39, 0.29) is 11.3 Å². The zero-order chi connectivity index (χ0) is 18.9. The average Bonchev–Trinajstić information content (AvgIpc) is 3.06. The topological polar surface area (TPSA) is 54.3 Å². The number of pyridine rings is 1. The lowest BCUT2D eigenvalue weighted by molar-refractivity contribution is 0.0104. The highest BCUT2D eigenvalue weighted by molar-refractivity contribution is 5.93. The fourth-order valence-corrected chi connectivity index (χ4v) is 4.80. The quantitative estimate of drug-likeness (QED) is 0.837. The van der Waals surface area contributed by atoms with E-state index >= 15 is 0 Å². The summed E-state index contributed by atoms with van der Waals surface area (Å²) in [5.41, 5.74) is 3.04. The van der Waals surface area contributed by atoms with Gasteiger partial charge >= 0.3 is 0 Å². The summed E-state index contributed by atoms with van der Waals surface area (Å²) in [4.78, 5) is 22.0. The molecule has 0 aliphatic carbocycles. The zero-order valence-corrected chi connectivity index (χ0v) is 16.4. The van der Waals surface area contributed by atoms with E-state index in [1.165, 1.54) is 25.0 Å². The Morgan fingerprint density at radius 1 is 1.15 bits per heavy atom. The number of hydrogen-bond acceptors (Lipinski definition) is 4. The number of carbonyl (C=O) groups excluding carboxylic acids is 1. The molecule has 2 aliphatic heterocycles. The van der Waals surface area contributed by atoms with Crippen LogP contribution >= 0.6 is 0 Å². The van der Waals surface area contributed by atoms with Crippen LogP contribution in [0.3, 0.4) is 0 Å². The van der Waals surface area contributed by atoms with Gasteiger partial charge in [-0.25, -0.2) is 0 Å². The van der Waals surface area contributed by atoms with E-state index in [9.17, 15) is 4.79 Å². The minimum Gasteiger partial charge on any atom is -0.337 e. The second-order valence-corrected chi connectivity index (χ2v) is 8.26. The maximum atomic E-state index is 13.1. The van der Waals surface area contributed by atoms with Gasteiger partial charge in [-0.2, -0.15) is 5.10 Å². The van der Waals surface area contributed by atoms with Crippen LogP contribution < -0.4 is 0 Å². The largest absolute Gasteiger partial charge is 0.337 e. The van der Waals surface area contributed by atoms with E-state index in [0.29, 0.717) is 5.69 Å². The number of piperidine rings is 2. The summed E-state index contributed by atoms with van der Waals surface area (Å²) in [6, 6.07) is 5.96. The van der Waals surface area contributed by atoms with Crippen molar-refractivity contribution in [2.75, 3.05) is 26.2 Å². The minimum atomic E-state index is 0.0935. The van der Waals surface area contributed by atoms with E-state index in [0.717, 1.165) is 44.7 Å². The first-order valence-electron chi connectivity index (χ1n) is 9.96. The second-order valence-electron chi connectivity index (χ2n) is 8.26. The third kappa shape index (κ3) is 3.76. The fourth-order valence-electron chi connectivity index (χ4n) is 4.80. The van der Waals surface area contributed by atoms with Crippen LogP contribution in [0.4, 0.5) is 0 Å². The average molecular weight is 367 g/mol. The number of aryl methyl sites for hydroxylation is 2. The van der Waals surface area contributed by atoms with E-state index in [1.54, 1.807) is 6.20 Å². The van der Waals surface area contributed by atoms with Crippen molar-refractivity contribution in [3.63, 3.8) is 0 Å². The van der Waals surface area contributed by atoms with Crippen molar-refractivity contribution in [1.82, 2.24) is 24.6 Å². The molecule has 6 heteroatoms. The van der Waals surface area contributed by atoms with Crippen molar-refractivity contribution >= 4 is 5.91 Å². The van der Waals surface area contributed by atoms with Gasteiger partial charge in [-0.3, -0.25) is 19.4 Å². The first kappa shape index (κ1) is 18.2. The molecule has 0 aromatic carbocycles. The Morgan fingerprint density at radius 2 is 1.96 bits per heavy atom. The number of nitrogens with zero attached hydrogens (tertiary/aromatic N) is 5. The SMILES string of the molecule is Cc1cccnc1C(=O)N1CCCC2(CCCN(Cc3ccnn3C)C2)C1. The summed E-state index contributed by atoms with van der Waals surface area (Å²) < 4.78 is 1.96. The van der Waals surface area contributed by atoms with Crippen molar-refractivity contribution in [3.05, 3.63) is 47.5 Å². The van der Waals surface area contributed by atoms with Gasteiger partial charge in [0, 0.05) is 51.0 Å². The van der Waals surface area contributed by atoms with Crippen LogP contribution in [0.15, 0.2) is 30.6 Å². The van der Waals surface area contributed by atoms with E-state index < -0.39 is 0 Å². The summed E-state index contributed by atoms with van der Waals surface area (Å²) in [5, 5.41) is 4.29. The lowest BCUT2D eigenvalue weighted by atomic mass is 9.73. The number of aromatic nitrogens is 3. The van der Waals surface area contributed by atoms with Crippen LogP contribution in [0.25, 0.3) is 0 Å². The minimum absolute atomic E-state index is 0.0935. The maximum absolute atomic E-state index is 13.1. The zero-order valence-electron chi connectivity index (χ0n) is 16.4. The molecular formula is C21H29N5O. The molecule has 2 aromatic heterocycles. The molecule has 2 fully saturated rings. The molecule has 0 bridgehead atoms. The summed E-state index contributed by atoms with van der Waals surface area (Å²) in [7, 11) is 2.01. The Hall–Kier alpha value is -2.21. The Labute approximate surface area is 161 Å². The van der Waals surface area contributed by atoms with Gasteiger partial charge in [0.1, 0.15) is 5.69 Å². The molecule has 2 saturated heterocycles. The van der Waals surface area contributed by atoms with Crippen LogP contribution in [0.1, 0.15) is 47.4 Å². The third-order valence-electron chi connectivity index (χ3n) is 6.21. The highest BCUT2D eigenvalue weighted by atomic mass is 16.2. The standard InChI is InChI=1S/C21H29N5O/c1-17-6-3-10-22-19(17)20(27)26-13-5-9-21(16-26)8-4-12-25(15-21)14-18-7-11-23-24(18)2/h3,6-7,10-11H,4-5,8-9,12-16H2,1-2H3. The van der Waals surface area contributed by atoms with Crippen molar-refractivity contribution in [2.45, 2.75) is 39.2 Å². The third-order valence-corrected chi connectivity index (χ3v) is 6.21. The van der Waals surface area contributed by atoms with Crippen molar-refractivity contribution in [3.8, 4) is 0 Å². The monoisotopic (exact) mass is 367 g/mol. The normalized spacial score (nSPS) is 23.7. The highest BCUT2D eigenvalue weighted by Gasteiger charge is 2.40. The van der Waals surface area contributed by atoms with Crippen LogP contribution in [0, 0.1) is 12.3 Å². The highest BCUT2D eigenvalue weighted by Crippen LogP contribution is 2.39. The van der Waals surface area contributed by atoms with Crippen LogP contribution in [-0.2, 0) is 13.6 Å². The van der Waals surface area contributed by atoms with Gasteiger partial charge in [0.25, 0.3) is 5.91 Å². The van der Waals surface area contributed by atoms with E-state index in [1.807, 2.05) is 41.9 Å². The van der Waals surface area contributed by atoms with E-state index in [4.69, 9.17) is 0 Å². The summed E-state index contributed by atoms with van der Waals surface area (Å²) >= 11 is 0. The van der Waals surface area contributed by atoms with Gasteiger partial charge < -0.3 is 4.90 Å². The number of likely N-dealkylation sites (tertiary alicyclic amines) is 2. The molecule has 1 spiro atoms. The van der Waals surface area contributed by atoms with Gasteiger partial charge in [-0.1, -0.05) is 6.07 Å². The fraction of sp³-hybridized carbons (Fsp3) is 0.571.